The van der Waals surface area contributed by atoms with E-state index in [1.54, 1.807) is 16.7 Å². The van der Waals surface area contributed by atoms with Crippen LogP contribution in [0.15, 0.2) is 53.5 Å². The van der Waals surface area contributed by atoms with Crippen molar-refractivity contribution in [3.63, 3.8) is 0 Å². The number of thioether (sulfide) groups is 1. The fourth-order valence-corrected chi connectivity index (χ4v) is 3.68. The number of amides is 1. The summed E-state index contributed by atoms with van der Waals surface area (Å²) in [5.74, 6) is 1.58. The fourth-order valence-electron chi connectivity index (χ4n) is 2.67. The van der Waals surface area contributed by atoms with Gasteiger partial charge in [0.1, 0.15) is 5.75 Å². The third-order valence-electron chi connectivity index (χ3n) is 4.01. The summed E-state index contributed by atoms with van der Waals surface area (Å²) < 4.78 is 5.64. The van der Waals surface area contributed by atoms with Crippen LogP contribution in [0.5, 0.6) is 5.75 Å². The summed E-state index contributed by atoms with van der Waals surface area (Å²) in [4.78, 5) is 19.1. The molecule has 0 aliphatic carbocycles. The molecular weight excluding hydrogens is 344 g/mol. The van der Waals surface area contributed by atoms with Gasteiger partial charge in [-0.25, -0.2) is 0 Å². The van der Waals surface area contributed by atoms with Gasteiger partial charge in [0.2, 0.25) is 0 Å². The van der Waals surface area contributed by atoms with E-state index in [9.17, 15) is 4.79 Å². The predicted octanol–water partition coefficient (Wildman–Crippen LogP) is 4.53. The predicted molar refractivity (Wildman–Crippen MR) is 108 cm³/mol. The van der Waals surface area contributed by atoms with Gasteiger partial charge in [0.15, 0.2) is 5.17 Å². The zero-order valence-electron chi connectivity index (χ0n) is 15.4. The van der Waals surface area contributed by atoms with E-state index in [4.69, 9.17) is 4.74 Å². The maximum Gasteiger partial charge on any atom is 0.259 e. The number of aliphatic imine (C=N–C) groups is 1. The van der Waals surface area contributed by atoms with Crippen LogP contribution in [-0.4, -0.2) is 35.2 Å². The van der Waals surface area contributed by atoms with Crippen molar-refractivity contribution >= 4 is 22.8 Å². The number of hydrogen-bond acceptors (Lipinski definition) is 4. The summed E-state index contributed by atoms with van der Waals surface area (Å²) in [7, 11) is 0. The third kappa shape index (κ3) is 4.67. The van der Waals surface area contributed by atoms with Gasteiger partial charge in [-0.3, -0.25) is 14.7 Å². The van der Waals surface area contributed by atoms with E-state index in [-0.39, 0.29) is 12.0 Å². The summed E-state index contributed by atoms with van der Waals surface area (Å²) >= 11 is 1.62. The van der Waals surface area contributed by atoms with E-state index in [1.807, 2.05) is 38.1 Å². The van der Waals surface area contributed by atoms with Gasteiger partial charge in [0.25, 0.3) is 5.91 Å². The second-order valence-electron chi connectivity index (χ2n) is 6.59. The molecular formula is C21H24N2O2S. The number of amidine groups is 1. The van der Waals surface area contributed by atoms with E-state index in [0.717, 1.165) is 16.7 Å². The largest absolute Gasteiger partial charge is 0.491 e. The first kappa shape index (κ1) is 18.5. The Morgan fingerprint density at radius 1 is 1.15 bits per heavy atom. The van der Waals surface area contributed by atoms with Crippen LogP contribution in [0, 0.1) is 6.92 Å². The molecule has 0 saturated carbocycles. The van der Waals surface area contributed by atoms with Crippen molar-refractivity contribution in [2.75, 3.05) is 13.1 Å². The molecule has 0 radical (unpaired) electrons. The molecule has 1 aliphatic rings. The van der Waals surface area contributed by atoms with Gasteiger partial charge in [-0.2, -0.15) is 0 Å². The minimum atomic E-state index is -0.00578. The molecule has 1 aliphatic heterocycles. The van der Waals surface area contributed by atoms with Crippen LogP contribution in [0.1, 0.15) is 35.3 Å². The Hall–Kier alpha value is -2.27. The Morgan fingerprint density at radius 3 is 2.50 bits per heavy atom. The van der Waals surface area contributed by atoms with Gasteiger partial charge >= 0.3 is 0 Å². The van der Waals surface area contributed by atoms with Crippen molar-refractivity contribution in [3.8, 4) is 5.75 Å². The summed E-state index contributed by atoms with van der Waals surface area (Å²) in [5.41, 5.74) is 3.14. The Kier molecular flexibility index (Phi) is 5.99. The molecule has 26 heavy (non-hydrogen) atoms. The molecule has 0 fully saturated rings. The maximum absolute atomic E-state index is 12.8. The number of rotatable bonds is 5. The van der Waals surface area contributed by atoms with Gasteiger partial charge in [0.05, 0.1) is 12.6 Å². The van der Waals surface area contributed by atoms with Crippen molar-refractivity contribution in [2.24, 2.45) is 4.99 Å². The first-order valence-corrected chi connectivity index (χ1v) is 9.83. The van der Waals surface area contributed by atoms with Crippen LogP contribution in [0.2, 0.25) is 0 Å². The zero-order valence-corrected chi connectivity index (χ0v) is 16.3. The molecule has 1 amide bonds. The topological polar surface area (TPSA) is 41.9 Å². The summed E-state index contributed by atoms with van der Waals surface area (Å²) in [5, 5.41) is 0.804. The molecule has 136 valence electrons. The highest BCUT2D eigenvalue weighted by Gasteiger charge is 2.25. The molecule has 0 N–H and O–H groups in total. The lowest BCUT2D eigenvalue weighted by Crippen LogP contribution is -2.32. The van der Waals surface area contributed by atoms with Crippen molar-refractivity contribution in [3.05, 3.63) is 65.2 Å². The molecule has 2 aromatic carbocycles. The fraction of sp³-hybridized carbons (Fsp3) is 0.333. The number of ether oxygens (including phenoxy) is 1. The molecule has 0 unspecified atom stereocenters. The Bertz CT molecular complexity index is 783. The van der Waals surface area contributed by atoms with Crippen LogP contribution in [0.4, 0.5) is 0 Å². The van der Waals surface area contributed by atoms with Gasteiger partial charge in [-0.05, 0) is 50.6 Å². The molecule has 0 aromatic heterocycles. The molecule has 0 bridgehead atoms. The van der Waals surface area contributed by atoms with Gasteiger partial charge < -0.3 is 4.74 Å². The molecule has 0 atom stereocenters. The molecule has 0 saturated heterocycles. The monoisotopic (exact) mass is 368 g/mol. The minimum absolute atomic E-state index is 0.00578. The van der Waals surface area contributed by atoms with E-state index in [0.29, 0.717) is 18.7 Å². The highest BCUT2D eigenvalue weighted by atomic mass is 32.2. The maximum atomic E-state index is 12.8. The smallest absolute Gasteiger partial charge is 0.259 e. The van der Waals surface area contributed by atoms with Crippen LogP contribution in [0.3, 0.4) is 0 Å². The third-order valence-corrected chi connectivity index (χ3v) is 5.09. The Labute approximate surface area is 159 Å². The van der Waals surface area contributed by atoms with E-state index in [1.165, 1.54) is 11.1 Å². The van der Waals surface area contributed by atoms with Gasteiger partial charge in [-0.15, -0.1) is 0 Å². The molecule has 1 heterocycles. The average Bonchev–Trinajstić information content (AvgIpc) is 3.09. The number of carbonyl (C=O) groups excluding carboxylic acids is 1. The zero-order chi connectivity index (χ0) is 18.5. The average molecular weight is 369 g/mol. The van der Waals surface area contributed by atoms with Gasteiger partial charge in [0, 0.05) is 17.9 Å². The number of benzene rings is 2. The standard InChI is InChI=1S/C21H24N2O2S/c1-15(2)25-19-10-8-18(9-11-19)20(24)23-13-12-22-21(23)26-14-17-6-4-16(3)5-7-17/h4-11,15H,12-14H2,1-3H3. The quantitative estimate of drug-likeness (QED) is 0.779. The highest BCUT2D eigenvalue weighted by molar-refractivity contribution is 8.13. The normalized spacial score (nSPS) is 13.8. The lowest BCUT2D eigenvalue weighted by Gasteiger charge is -2.18. The number of hydrogen-bond donors (Lipinski definition) is 0. The van der Waals surface area contributed by atoms with E-state index < -0.39 is 0 Å². The lowest BCUT2D eigenvalue weighted by molar-refractivity contribution is 0.0860. The van der Waals surface area contributed by atoms with Crippen LogP contribution in [-0.2, 0) is 5.75 Å². The molecule has 4 nitrogen and oxygen atoms in total. The molecule has 3 rings (SSSR count). The number of nitrogens with zero attached hydrogens (tertiary/aromatic N) is 2. The highest BCUT2D eigenvalue weighted by Crippen LogP contribution is 2.22. The molecule has 0 spiro atoms. The van der Waals surface area contributed by atoms with Crippen molar-refractivity contribution in [1.29, 1.82) is 0 Å². The number of aryl methyl sites for hydroxylation is 1. The first-order chi connectivity index (χ1) is 12.5. The van der Waals surface area contributed by atoms with Crippen LogP contribution < -0.4 is 4.74 Å². The van der Waals surface area contributed by atoms with Crippen molar-refractivity contribution in [1.82, 2.24) is 4.90 Å². The summed E-state index contributed by atoms with van der Waals surface area (Å²) in [6.45, 7) is 7.35. The molecule has 5 heteroatoms. The van der Waals surface area contributed by atoms with Crippen LogP contribution in [0.25, 0.3) is 0 Å². The van der Waals surface area contributed by atoms with Crippen molar-refractivity contribution < 1.29 is 9.53 Å². The lowest BCUT2D eigenvalue weighted by atomic mass is 10.2. The molecule has 2 aromatic rings. The van der Waals surface area contributed by atoms with E-state index in [2.05, 4.69) is 36.2 Å². The minimum Gasteiger partial charge on any atom is -0.491 e. The van der Waals surface area contributed by atoms with Crippen LogP contribution >= 0.6 is 11.8 Å². The summed E-state index contributed by atoms with van der Waals surface area (Å²) in [6.07, 6.45) is 0.118. The van der Waals surface area contributed by atoms with E-state index >= 15 is 0 Å². The Balaban J connectivity index is 1.63. The van der Waals surface area contributed by atoms with Crippen molar-refractivity contribution in [2.45, 2.75) is 32.6 Å². The SMILES string of the molecule is Cc1ccc(CSC2=NCCN2C(=O)c2ccc(OC(C)C)cc2)cc1. The van der Waals surface area contributed by atoms with Gasteiger partial charge in [-0.1, -0.05) is 41.6 Å². The second-order valence-corrected chi connectivity index (χ2v) is 7.53. The Morgan fingerprint density at radius 2 is 1.85 bits per heavy atom. The second kappa shape index (κ2) is 8.41. The summed E-state index contributed by atoms with van der Waals surface area (Å²) in [6, 6.07) is 15.8. The number of carbonyl (C=O) groups is 1. The first-order valence-electron chi connectivity index (χ1n) is 8.84.